The van der Waals surface area contributed by atoms with E-state index in [4.69, 9.17) is 0 Å². The molecular formula is C16H21N3O3. The molecule has 3 rings (SSSR count). The third kappa shape index (κ3) is 2.97. The van der Waals surface area contributed by atoms with Crippen molar-refractivity contribution in [2.24, 2.45) is 0 Å². The Labute approximate surface area is 129 Å². The van der Waals surface area contributed by atoms with Crippen LogP contribution in [0.25, 0.3) is 0 Å². The van der Waals surface area contributed by atoms with Crippen LogP contribution in [0.1, 0.15) is 36.0 Å². The SMILES string of the molecule is O=Cc1ccc(N2CCN(C3CCCC3)CC2)c([N+](=O)[O-])c1. The first-order valence-corrected chi connectivity index (χ1v) is 7.91. The van der Waals surface area contributed by atoms with Gasteiger partial charge in [0.05, 0.1) is 4.92 Å². The van der Waals surface area contributed by atoms with Gasteiger partial charge in [-0.05, 0) is 25.0 Å². The summed E-state index contributed by atoms with van der Waals surface area (Å²) in [5, 5.41) is 11.3. The van der Waals surface area contributed by atoms with E-state index in [0.29, 0.717) is 23.6 Å². The highest BCUT2D eigenvalue weighted by Gasteiger charge is 2.28. The van der Waals surface area contributed by atoms with Crippen molar-refractivity contribution in [3.8, 4) is 0 Å². The van der Waals surface area contributed by atoms with Crippen molar-refractivity contribution in [3.63, 3.8) is 0 Å². The van der Waals surface area contributed by atoms with Crippen LogP contribution in [-0.4, -0.2) is 48.3 Å². The normalized spacial score (nSPS) is 20.3. The van der Waals surface area contributed by atoms with Gasteiger partial charge in [0.15, 0.2) is 0 Å². The molecule has 0 radical (unpaired) electrons. The van der Waals surface area contributed by atoms with Crippen molar-refractivity contribution in [1.29, 1.82) is 0 Å². The van der Waals surface area contributed by atoms with Gasteiger partial charge in [0.25, 0.3) is 5.69 Å². The fourth-order valence-electron chi connectivity index (χ4n) is 3.62. The van der Waals surface area contributed by atoms with Crippen LogP contribution in [-0.2, 0) is 0 Å². The number of anilines is 1. The Morgan fingerprint density at radius 3 is 2.41 bits per heavy atom. The largest absolute Gasteiger partial charge is 0.363 e. The van der Waals surface area contributed by atoms with Crippen LogP contribution in [0.2, 0.25) is 0 Å². The molecular weight excluding hydrogens is 282 g/mol. The highest BCUT2D eigenvalue weighted by molar-refractivity contribution is 5.79. The van der Waals surface area contributed by atoms with Crippen molar-refractivity contribution in [2.75, 3.05) is 31.1 Å². The molecule has 0 bridgehead atoms. The summed E-state index contributed by atoms with van der Waals surface area (Å²) in [6, 6.07) is 5.42. The number of hydrogen-bond acceptors (Lipinski definition) is 5. The average molecular weight is 303 g/mol. The zero-order valence-corrected chi connectivity index (χ0v) is 12.6. The number of nitrogens with zero attached hydrogens (tertiary/aromatic N) is 3. The van der Waals surface area contributed by atoms with Crippen molar-refractivity contribution < 1.29 is 9.72 Å². The van der Waals surface area contributed by atoms with Gasteiger partial charge in [-0.3, -0.25) is 19.8 Å². The molecule has 0 atom stereocenters. The summed E-state index contributed by atoms with van der Waals surface area (Å²) >= 11 is 0. The molecule has 0 N–H and O–H groups in total. The Bertz CT molecular complexity index is 562. The molecule has 0 amide bonds. The molecule has 1 aromatic carbocycles. The van der Waals surface area contributed by atoms with Crippen molar-refractivity contribution >= 4 is 17.7 Å². The van der Waals surface area contributed by atoms with Gasteiger partial charge in [0.2, 0.25) is 0 Å². The highest BCUT2D eigenvalue weighted by atomic mass is 16.6. The van der Waals surface area contributed by atoms with Crippen LogP contribution < -0.4 is 4.90 Å². The molecule has 6 nitrogen and oxygen atoms in total. The summed E-state index contributed by atoms with van der Waals surface area (Å²) in [5.41, 5.74) is 1.00. The van der Waals surface area contributed by atoms with E-state index in [1.54, 1.807) is 12.1 Å². The maximum Gasteiger partial charge on any atom is 0.293 e. The molecule has 118 valence electrons. The first-order valence-electron chi connectivity index (χ1n) is 7.91. The summed E-state index contributed by atoms with van der Waals surface area (Å²) in [6.45, 7) is 3.52. The molecule has 6 heteroatoms. The lowest BCUT2D eigenvalue weighted by atomic mass is 10.1. The number of piperazine rings is 1. The summed E-state index contributed by atoms with van der Waals surface area (Å²) in [5.74, 6) is 0. The van der Waals surface area contributed by atoms with Crippen LogP contribution in [0.3, 0.4) is 0 Å². The van der Waals surface area contributed by atoms with Gasteiger partial charge in [0.1, 0.15) is 12.0 Å². The zero-order chi connectivity index (χ0) is 15.5. The van der Waals surface area contributed by atoms with E-state index in [9.17, 15) is 14.9 Å². The molecule has 1 aliphatic heterocycles. The predicted molar refractivity (Wildman–Crippen MR) is 84.5 cm³/mol. The third-order valence-corrected chi connectivity index (χ3v) is 4.83. The Kier molecular flexibility index (Phi) is 4.38. The Morgan fingerprint density at radius 2 is 1.82 bits per heavy atom. The summed E-state index contributed by atoms with van der Waals surface area (Å²) < 4.78 is 0. The molecule has 22 heavy (non-hydrogen) atoms. The number of carbonyl (C=O) groups excluding carboxylic acids is 1. The number of rotatable bonds is 4. The molecule has 1 saturated heterocycles. The lowest BCUT2D eigenvalue weighted by Crippen LogP contribution is -2.49. The monoisotopic (exact) mass is 303 g/mol. The van der Waals surface area contributed by atoms with Crippen LogP contribution >= 0.6 is 0 Å². The molecule has 1 saturated carbocycles. The maximum atomic E-state index is 11.3. The van der Waals surface area contributed by atoms with Crippen molar-refractivity contribution in [2.45, 2.75) is 31.7 Å². The lowest BCUT2D eigenvalue weighted by Gasteiger charge is -2.38. The smallest absolute Gasteiger partial charge is 0.293 e. The quantitative estimate of drug-likeness (QED) is 0.485. The first-order chi connectivity index (χ1) is 10.7. The highest BCUT2D eigenvalue weighted by Crippen LogP contribution is 2.31. The second-order valence-electron chi connectivity index (χ2n) is 6.08. The minimum Gasteiger partial charge on any atom is -0.363 e. The summed E-state index contributed by atoms with van der Waals surface area (Å²) in [7, 11) is 0. The first kappa shape index (κ1) is 15.0. The number of aldehydes is 1. The van der Waals surface area contributed by atoms with Crippen molar-refractivity contribution in [3.05, 3.63) is 33.9 Å². The minimum atomic E-state index is -0.397. The van der Waals surface area contributed by atoms with Gasteiger partial charge >= 0.3 is 0 Å². The van der Waals surface area contributed by atoms with E-state index in [0.717, 1.165) is 26.2 Å². The summed E-state index contributed by atoms with van der Waals surface area (Å²) in [4.78, 5) is 26.3. The molecule has 1 aliphatic carbocycles. The number of benzene rings is 1. The van der Waals surface area contributed by atoms with E-state index in [2.05, 4.69) is 9.80 Å². The van der Waals surface area contributed by atoms with E-state index < -0.39 is 4.92 Å². The Hall–Kier alpha value is -1.95. The molecule has 1 aromatic rings. The van der Waals surface area contributed by atoms with Gasteiger partial charge in [-0.15, -0.1) is 0 Å². The lowest BCUT2D eigenvalue weighted by molar-refractivity contribution is -0.384. The third-order valence-electron chi connectivity index (χ3n) is 4.83. The van der Waals surface area contributed by atoms with Crippen LogP contribution in [0.15, 0.2) is 18.2 Å². The van der Waals surface area contributed by atoms with Crippen LogP contribution in [0, 0.1) is 10.1 Å². The molecule has 0 spiro atoms. The average Bonchev–Trinajstić information content (AvgIpc) is 3.09. The molecule has 0 aromatic heterocycles. The second kappa shape index (κ2) is 6.44. The molecule has 0 unspecified atom stereocenters. The zero-order valence-electron chi connectivity index (χ0n) is 12.6. The Balaban J connectivity index is 1.72. The fraction of sp³-hybridized carbons (Fsp3) is 0.562. The standard InChI is InChI=1S/C16H21N3O3/c20-12-13-5-6-15(16(11-13)19(21)22)18-9-7-17(8-10-18)14-3-1-2-4-14/h5-6,11-12,14H,1-4,7-10H2. The number of nitro groups is 1. The summed E-state index contributed by atoms with van der Waals surface area (Å²) in [6.07, 6.45) is 5.87. The molecule has 1 heterocycles. The van der Waals surface area contributed by atoms with E-state index in [-0.39, 0.29) is 5.69 Å². The predicted octanol–water partition coefficient (Wildman–Crippen LogP) is 2.47. The van der Waals surface area contributed by atoms with Gasteiger partial charge in [0, 0.05) is 43.9 Å². The number of carbonyl (C=O) groups is 1. The van der Waals surface area contributed by atoms with Crippen LogP contribution in [0.4, 0.5) is 11.4 Å². The van der Waals surface area contributed by atoms with Gasteiger partial charge in [-0.25, -0.2) is 0 Å². The molecule has 2 aliphatic rings. The van der Waals surface area contributed by atoms with Crippen LogP contribution in [0.5, 0.6) is 0 Å². The van der Waals surface area contributed by atoms with E-state index >= 15 is 0 Å². The number of nitro benzene ring substituents is 1. The molecule has 2 fully saturated rings. The topological polar surface area (TPSA) is 66.7 Å². The maximum absolute atomic E-state index is 11.3. The van der Waals surface area contributed by atoms with Crippen molar-refractivity contribution in [1.82, 2.24) is 4.90 Å². The van der Waals surface area contributed by atoms with E-state index in [1.807, 2.05) is 0 Å². The van der Waals surface area contributed by atoms with E-state index in [1.165, 1.54) is 31.7 Å². The minimum absolute atomic E-state index is 0.0268. The van der Waals surface area contributed by atoms with Gasteiger partial charge in [-0.2, -0.15) is 0 Å². The Morgan fingerprint density at radius 1 is 1.14 bits per heavy atom. The number of hydrogen-bond donors (Lipinski definition) is 0. The van der Waals surface area contributed by atoms with Gasteiger partial charge in [-0.1, -0.05) is 12.8 Å². The fourth-order valence-corrected chi connectivity index (χ4v) is 3.62. The van der Waals surface area contributed by atoms with Gasteiger partial charge < -0.3 is 4.90 Å². The second-order valence-corrected chi connectivity index (χ2v) is 6.08.